The molecule has 0 aliphatic rings. The molecule has 0 saturated carbocycles. The minimum Gasteiger partial charge on any atom is -0.337 e. The van der Waals surface area contributed by atoms with E-state index in [-0.39, 0.29) is 10.7 Å². The molecule has 11 heavy (non-hydrogen) atoms. The first-order valence-corrected chi connectivity index (χ1v) is 4.22. The zero-order valence-corrected chi connectivity index (χ0v) is 8.61. The Bertz CT molecular complexity index is 140. The van der Waals surface area contributed by atoms with Crippen molar-refractivity contribution in [1.82, 2.24) is 4.90 Å². The van der Waals surface area contributed by atoms with Gasteiger partial charge in [0.05, 0.1) is 0 Å². The highest BCUT2D eigenvalue weighted by molar-refractivity contribution is 7.96. The number of thiol groups is 1. The molecule has 0 aliphatic carbocycles. The van der Waals surface area contributed by atoms with Crippen LogP contribution in [0.2, 0.25) is 0 Å². The molecule has 0 aromatic rings. The first kappa shape index (κ1) is 10.8. The van der Waals surface area contributed by atoms with Crippen LogP contribution in [0, 0.1) is 5.41 Å². The second-order valence-electron chi connectivity index (χ2n) is 4.01. The third-order valence-corrected chi connectivity index (χ3v) is 1.87. The molecule has 0 saturated heterocycles. The van der Waals surface area contributed by atoms with E-state index in [1.165, 1.54) is 0 Å². The van der Waals surface area contributed by atoms with Crippen LogP contribution in [0.3, 0.4) is 0 Å². The highest BCUT2D eigenvalue weighted by atomic mass is 32.1. The summed E-state index contributed by atoms with van der Waals surface area (Å²) in [6, 6.07) is 0. The lowest BCUT2D eigenvalue weighted by Gasteiger charge is -2.22. The maximum Gasteiger partial charge on any atom is 0.278 e. The van der Waals surface area contributed by atoms with Gasteiger partial charge in [0.1, 0.15) is 0 Å². The van der Waals surface area contributed by atoms with Crippen LogP contribution in [-0.4, -0.2) is 23.7 Å². The SMILES string of the molecule is CN(CCC(C)(C)C)C(=O)S. The molecule has 0 aromatic heterocycles. The summed E-state index contributed by atoms with van der Waals surface area (Å²) in [7, 11) is 1.76. The maximum absolute atomic E-state index is 10.7. The summed E-state index contributed by atoms with van der Waals surface area (Å²) < 4.78 is 0. The Hall–Kier alpha value is -0.180. The van der Waals surface area contributed by atoms with E-state index in [2.05, 4.69) is 33.4 Å². The molecule has 0 spiro atoms. The molecule has 0 aliphatic heterocycles. The maximum atomic E-state index is 10.7. The van der Waals surface area contributed by atoms with E-state index in [1.54, 1.807) is 11.9 Å². The predicted octanol–water partition coefficient (Wildman–Crippen LogP) is 2.40. The molecular weight excluding hydrogens is 158 g/mol. The van der Waals surface area contributed by atoms with Crippen molar-refractivity contribution in [1.29, 1.82) is 0 Å². The lowest BCUT2D eigenvalue weighted by Crippen LogP contribution is -2.25. The fraction of sp³-hybridized carbons (Fsp3) is 0.875. The standard InChI is InChI=1S/C8H17NOS/c1-8(2,3)5-6-9(4)7(10)11/h5-6H2,1-4H3,(H,10,11). The van der Waals surface area contributed by atoms with Gasteiger partial charge in [-0.25, -0.2) is 0 Å². The first-order chi connectivity index (χ1) is 4.83. The number of amides is 1. The monoisotopic (exact) mass is 175 g/mol. The summed E-state index contributed by atoms with van der Waals surface area (Å²) in [6.45, 7) is 7.25. The van der Waals surface area contributed by atoms with Crippen molar-refractivity contribution in [3.05, 3.63) is 0 Å². The van der Waals surface area contributed by atoms with Crippen LogP contribution >= 0.6 is 12.6 Å². The molecule has 66 valence electrons. The van der Waals surface area contributed by atoms with Crippen LogP contribution in [0.1, 0.15) is 27.2 Å². The fourth-order valence-electron chi connectivity index (χ4n) is 0.599. The lowest BCUT2D eigenvalue weighted by molar-refractivity contribution is 0.225. The smallest absolute Gasteiger partial charge is 0.278 e. The molecule has 0 fully saturated rings. The molecule has 3 heteroatoms. The average Bonchev–Trinajstić information content (AvgIpc) is 1.80. The van der Waals surface area contributed by atoms with Crippen molar-refractivity contribution in [3.63, 3.8) is 0 Å². The van der Waals surface area contributed by atoms with Crippen LogP contribution in [0.25, 0.3) is 0 Å². The summed E-state index contributed by atoms with van der Waals surface area (Å²) >= 11 is 3.71. The molecule has 0 radical (unpaired) electrons. The second kappa shape index (κ2) is 4.00. The van der Waals surface area contributed by atoms with Crippen LogP contribution in [-0.2, 0) is 0 Å². The van der Waals surface area contributed by atoms with Gasteiger partial charge in [-0.05, 0) is 11.8 Å². The summed E-state index contributed by atoms with van der Waals surface area (Å²) in [6.07, 6.45) is 1.01. The Morgan fingerprint density at radius 1 is 1.45 bits per heavy atom. The first-order valence-electron chi connectivity index (χ1n) is 3.77. The van der Waals surface area contributed by atoms with Gasteiger partial charge in [-0.2, -0.15) is 0 Å². The number of nitrogens with zero attached hydrogens (tertiary/aromatic N) is 1. The van der Waals surface area contributed by atoms with Gasteiger partial charge in [0.15, 0.2) is 0 Å². The minimum absolute atomic E-state index is 0.158. The van der Waals surface area contributed by atoms with E-state index < -0.39 is 0 Å². The molecule has 0 heterocycles. The minimum atomic E-state index is -0.158. The Morgan fingerprint density at radius 2 is 1.91 bits per heavy atom. The molecule has 0 N–H and O–H groups in total. The quantitative estimate of drug-likeness (QED) is 0.639. The molecule has 0 atom stereocenters. The van der Waals surface area contributed by atoms with Gasteiger partial charge < -0.3 is 4.90 Å². The largest absolute Gasteiger partial charge is 0.337 e. The number of hydrogen-bond donors (Lipinski definition) is 1. The van der Waals surface area contributed by atoms with Crippen LogP contribution in [0.4, 0.5) is 4.79 Å². The van der Waals surface area contributed by atoms with Gasteiger partial charge in [-0.15, -0.1) is 0 Å². The van der Waals surface area contributed by atoms with Gasteiger partial charge >= 0.3 is 0 Å². The summed E-state index contributed by atoms with van der Waals surface area (Å²) in [5.74, 6) is 0. The van der Waals surface area contributed by atoms with Crippen LogP contribution in [0.5, 0.6) is 0 Å². The zero-order chi connectivity index (χ0) is 9.07. The fourth-order valence-corrected chi connectivity index (χ4v) is 0.699. The molecule has 0 aromatic carbocycles. The van der Waals surface area contributed by atoms with Crippen molar-refractivity contribution >= 4 is 17.9 Å². The molecule has 0 unspecified atom stereocenters. The summed E-state index contributed by atoms with van der Waals surface area (Å²) in [5, 5.41) is -0.158. The Balaban J connectivity index is 3.63. The lowest BCUT2D eigenvalue weighted by atomic mass is 9.92. The predicted molar refractivity (Wildman–Crippen MR) is 51.1 cm³/mol. The number of hydrogen-bond acceptors (Lipinski definition) is 1. The Morgan fingerprint density at radius 3 is 2.18 bits per heavy atom. The van der Waals surface area contributed by atoms with Gasteiger partial charge in [0, 0.05) is 13.6 Å². The van der Waals surface area contributed by atoms with Crippen molar-refractivity contribution in [3.8, 4) is 0 Å². The van der Waals surface area contributed by atoms with Gasteiger partial charge in [-0.1, -0.05) is 33.4 Å². The van der Waals surface area contributed by atoms with E-state index >= 15 is 0 Å². The molecule has 0 rings (SSSR count). The number of carbonyl (C=O) groups is 1. The third kappa shape index (κ3) is 6.23. The van der Waals surface area contributed by atoms with E-state index in [0.29, 0.717) is 0 Å². The third-order valence-electron chi connectivity index (χ3n) is 1.52. The van der Waals surface area contributed by atoms with Crippen molar-refractivity contribution in [2.75, 3.05) is 13.6 Å². The Labute approximate surface area is 74.4 Å². The highest BCUT2D eigenvalue weighted by Crippen LogP contribution is 2.18. The van der Waals surface area contributed by atoms with Crippen LogP contribution < -0.4 is 0 Å². The number of carbonyl (C=O) groups excluding carboxylic acids is 1. The van der Waals surface area contributed by atoms with E-state index in [4.69, 9.17) is 0 Å². The number of rotatable bonds is 2. The molecular formula is C8H17NOS. The van der Waals surface area contributed by atoms with E-state index in [9.17, 15) is 4.79 Å². The van der Waals surface area contributed by atoms with E-state index in [1.807, 2.05) is 0 Å². The molecule has 0 bridgehead atoms. The molecule has 2 nitrogen and oxygen atoms in total. The van der Waals surface area contributed by atoms with Crippen molar-refractivity contribution < 1.29 is 4.79 Å². The highest BCUT2D eigenvalue weighted by Gasteiger charge is 2.12. The topological polar surface area (TPSA) is 20.3 Å². The summed E-state index contributed by atoms with van der Waals surface area (Å²) in [5.41, 5.74) is 0.289. The molecule has 1 amide bonds. The Kier molecular flexibility index (Phi) is 3.93. The van der Waals surface area contributed by atoms with Gasteiger partial charge in [0.2, 0.25) is 0 Å². The normalized spacial score (nSPS) is 11.4. The zero-order valence-electron chi connectivity index (χ0n) is 7.72. The van der Waals surface area contributed by atoms with Crippen molar-refractivity contribution in [2.24, 2.45) is 5.41 Å². The van der Waals surface area contributed by atoms with E-state index in [0.717, 1.165) is 13.0 Å². The van der Waals surface area contributed by atoms with Crippen molar-refractivity contribution in [2.45, 2.75) is 27.2 Å². The van der Waals surface area contributed by atoms with Gasteiger partial charge in [0.25, 0.3) is 5.24 Å². The van der Waals surface area contributed by atoms with Gasteiger partial charge in [-0.3, -0.25) is 4.79 Å². The second-order valence-corrected chi connectivity index (χ2v) is 4.40. The average molecular weight is 175 g/mol. The van der Waals surface area contributed by atoms with Crippen LogP contribution in [0.15, 0.2) is 0 Å². The summed E-state index contributed by atoms with van der Waals surface area (Å²) in [4.78, 5) is 12.3.